The summed E-state index contributed by atoms with van der Waals surface area (Å²) in [6, 6.07) is 2.57. The molecule has 1 rings (SSSR count). The van der Waals surface area contributed by atoms with E-state index in [1.165, 1.54) is 9.35 Å². The van der Waals surface area contributed by atoms with E-state index < -0.39 is 0 Å². The zero-order valence-corrected chi connectivity index (χ0v) is 13.4. The van der Waals surface area contributed by atoms with Crippen LogP contribution in [0.5, 0.6) is 0 Å². The highest BCUT2D eigenvalue weighted by molar-refractivity contribution is 9.10. The van der Waals surface area contributed by atoms with Crippen molar-refractivity contribution in [2.24, 2.45) is 5.92 Å². The molecule has 98 valence electrons. The fourth-order valence-electron chi connectivity index (χ4n) is 2.03. The van der Waals surface area contributed by atoms with E-state index in [1.54, 1.807) is 11.3 Å². The van der Waals surface area contributed by atoms with E-state index in [0.717, 1.165) is 13.0 Å². The van der Waals surface area contributed by atoms with Crippen molar-refractivity contribution >= 4 is 27.3 Å². The Morgan fingerprint density at radius 2 is 2.18 bits per heavy atom. The maximum Gasteiger partial charge on any atom is 0.0754 e. The van der Waals surface area contributed by atoms with E-state index >= 15 is 0 Å². The third-order valence-corrected chi connectivity index (χ3v) is 4.55. The van der Waals surface area contributed by atoms with Crippen molar-refractivity contribution in [1.82, 2.24) is 5.32 Å². The lowest BCUT2D eigenvalue weighted by atomic mass is 9.96. The zero-order valence-electron chi connectivity index (χ0n) is 11.0. The quantitative estimate of drug-likeness (QED) is 0.827. The molecule has 17 heavy (non-hydrogen) atoms. The summed E-state index contributed by atoms with van der Waals surface area (Å²) in [6.07, 6.45) is 1.29. The van der Waals surface area contributed by atoms with Gasteiger partial charge in [-0.2, -0.15) is 0 Å². The molecule has 1 aromatic heterocycles. The SMILES string of the molecule is CCOC(C(C)C)C(Cc1cc(Br)cs1)NC. The molecule has 1 aromatic rings. The molecule has 0 aliphatic heterocycles. The van der Waals surface area contributed by atoms with Gasteiger partial charge in [0.25, 0.3) is 0 Å². The van der Waals surface area contributed by atoms with Crippen LogP contribution in [-0.2, 0) is 11.2 Å². The third kappa shape index (κ3) is 4.70. The van der Waals surface area contributed by atoms with Crippen LogP contribution in [-0.4, -0.2) is 25.8 Å². The fraction of sp³-hybridized carbons (Fsp3) is 0.692. The lowest BCUT2D eigenvalue weighted by Gasteiger charge is -2.29. The van der Waals surface area contributed by atoms with Gasteiger partial charge in [0.15, 0.2) is 0 Å². The first-order valence-corrected chi connectivity index (χ1v) is 7.77. The zero-order chi connectivity index (χ0) is 12.8. The van der Waals surface area contributed by atoms with Crippen molar-refractivity contribution in [3.63, 3.8) is 0 Å². The number of rotatable bonds is 7. The Balaban J connectivity index is 2.68. The standard InChI is InChI=1S/C13H22BrNOS/c1-5-16-13(9(2)3)12(15-4)7-11-6-10(14)8-17-11/h6,8-9,12-13,15H,5,7H2,1-4H3. The molecule has 0 aromatic carbocycles. The molecule has 0 radical (unpaired) electrons. The Morgan fingerprint density at radius 3 is 2.59 bits per heavy atom. The van der Waals surface area contributed by atoms with Crippen LogP contribution in [0.2, 0.25) is 0 Å². The average molecular weight is 320 g/mol. The number of hydrogen-bond acceptors (Lipinski definition) is 3. The van der Waals surface area contributed by atoms with Gasteiger partial charge in [0, 0.05) is 27.4 Å². The Labute approximate surface area is 117 Å². The van der Waals surface area contributed by atoms with Gasteiger partial charge < -0.3 is 10.1 Å². The van der Waals surface area contributed by atoms with Crippen LogP contribution in [0.4, 0.5) is 0 Å². The molecule has 0 aliphatic carbocycles. The van der Waals surface area contributed by atoms with Gasteiger partial charge in [0.05, 0.1) is 6.10 Å². The topological polar surface area (TPSA) is 21.3 Å². The molecule has 2 atom stereocenters. The minimum Gasteiger partial charge on any atom is -0.377 e. The number of ether oxygens (including phenoxy) is 1. The van der Waals surface area contributed by atoms with Crippen molar-refractivity contribution in [2.75, 3.05) is 13.7 Å². The van der Waals surface area contributed by atoms with Gasteiger partial charge in [0.1, 0.15) is 0 Å². The first-order valence-electron chi connectivity index (χ1n) is 6.10. The summed E-state index contributed by atoms with van der Waals surface area (Å²) >= 11 is 5.30. The second-order valence-electron chi connectivity index (χ2n) is 4.49. The molecule has 0 aliphatic rings. The van der Waals surface area contributed by atoms with E-state index in [2.05, 4.69) is 53.5 Å². The second kappa shape index (κ2) is 7.52. The van der Waals surface area contributed by atoms with Gasteiger partial charge in [-0.25, -0.2) is 0 Å². The number of thiophene rings is 1. The van der Waals surface area contributed by atoms with Gasteiger partial charge >= 0.3 is 0 Å². The molecule has 0 fully saturated rings. The molecular weight excluding hydrogens is 298 g/mol. The van der Waals surface area contributed by atoms with Crippen LogP contribution < -0.4 is 5.32 Å². The van der Waals surface area contributed by atoms with Gasteiger partial charge in [-0.05, 0) is 48.3 Å². The van der Waals surface area contributed by atoms with Gasteiger partial charge in [-0.3, -0.25) is 0 Å². The first-order chi connectivity index (χ1) is 8.08. The summed E-state index contributed by atoms with van der Waals surface area (Å²) in [4.78, 5) is 1.39. The summed E-state index contributed by atoms with van der Waals surface area (Å²) in [7, 11) is 2.02. The lowest BCUT2D eigenvalue weighted by Crippen LogP contribution is -2.44. The van der Waals surface area contributed by atoms with Gasteiger partial charge in [0.2, 0.25) is 0 Å². The van der Waals surface area contributed by atoms with Crippen molar-refractivity contribution in [1.29, 1.82) is 0 Å². The molecule has 2 unspecified atom stereocenters. The van der Waals surface area contributed by atoms with Crippen LogP contribution in [0.1, 0.15) is 25.6 Å². The maximum atomic E-state index is 5.87. The van der Waals surface area contributed by atoms with Crippen molar-refractivity contribution in [3.05, 3.63) is 20.8 Å². The predicted octanol–water partition coefficient (Wildman–Crippen LogP) is 3.70. The van der Waals surface area contributed by atoms with Crippen molar-refractivity contribution in [3.8, 4) is 0 Å². The number of nitrogens with one attached hydrogen (secondary N) is 1. The normalized spacial score (nSPS) is 15.2. The van der Waals surface area contributed by atoms with E-state index in [1.807, 2.05) is 7.05 Å². The highest BCUT2D eigenvalue weighted by Crippen LogP contribution is 2.23. The molecule has 1 heterocycles. The van der Waals surface area contributed by atoms with Crippen LogP contribution >= 0.6 is 27.3 Å². The molecule has 0 saturated heterocycles. The Bertz CT molecular complexity index is 327. The minimum absolute atomic E-state index is 0.269. The van der Waals surface area contributed by atoms with Crippen LogP contribution in [0.25, 0.3) is 0 Å². The molecule has 0 bridgehead atoms. The Morgan fingerprint density at radius 1 is 1.47 bits per heavy atom. The molecule has 0 saturated carbocycles. The average Bonchev–Trinajstić information content (AvgIpc) is 2.68. The number of likely N-dealkylation sites (N-methyl/N-ethyl adjacent to an activating group) is 1. The second-order valence-corrected chi connectivity index (χ2v) is 6.41. The summed E-state index contributed by atoms with van der Waals surface area (Å²) in [5.41, 5.74) is 0. The van der Waals surface area contributed by atoms with Crippen LogP contribution in [0, 0.1) is 5.92 Å². The highest BCUT2D eigenvalue weighted by Gasteiger charge is 2.24. The molecule has 1 N–H and O–H groups in total. The van der Waals surface area contributed by atoms with Crippen LogP contribution in [0.15, 0.2) is 15.9 Å². The largest absolute Gasteiger partial charge is 0.377 e. The first kappa shape index (κ1) is 15.2. The summed E-state index contributed by atoms with van der Waals surface area (Å²) in [5.74, 6) is 0.524. The maximum absolute atomic E-state index is 5.87. The number of halogens is 1. The van der Waals surface area contributed by atoms with Crippen molar-refractivity contribution < 1.29 is 4.74 Å². The third-order valence-electron chi connectivity index (χ3n) is 2.83. The summed E-state index contributed by atoms with van der Waals surface area (Å²) in [6.45, 7) is 7.27. The Hall–Kier alpha value is 0.1000. The van der Waals surface area contributed by atoms with Crippen LogP contribution in [0.3, 0.4) is 0 Å². The van der Waals surface area contributed by atoms with E-state index in [0.29, 0.717) is 12.0 Å². The lowest BCUT2D eigenvalue weighted by molar-refractivity contribution is 0.00553. The van der Waals surface area contributed by atoms with E-state index in [9.17, 15) is 0 Å². The van der Waals surface area contributed by atoms with E-state index in [-0.39, 0.29) is 6.10 Å². The van der Waals surface area contributed by atoms with Gasteiger partial charge in [-0.1, -0.05) is 13.8 Å². The number of hydrogen-bond donors (Lipinski definition) is 1. The van der Waals surface area contributed by atoms with Crippen molar-refractivity contribution in [2.45, 2.75) is 39.3 Å². The predicted molar refractivity (Wildman–Crippen MR) is 78.8 cm³/mol. The minimum atomic E-state index is 0.269. The fourth-order valence-corrected chi connectivity index (χ4v) is 3.54. The smallest absolute Gasteiger partial charge is 0.0754 e. The summed E-state index contributed by atoms with van der Waals surface area (Å²) in [5, 5.41) is 5.52. The van der Waals surface area contributed by atoms with Gasteiger partial charge in [-0.15, -0.1) is 11.3 Å². The molecule has 0 spiro atoms. The van der Waals surface area contributed by atoms with E-state index in [4.69, 9.17) is 4.74 Å². The Kier molecular flexibility index (Phi) is 6.70. The molecule has 4 heteroatoms. The molecule has 0 amide bonds. The monoisotopic (exact) mass is 319 g/mol. The molecule has 2 nitrogen and oxygen atoms in total. The summed E-state index contributed by atoms with van der Waals surface area (Å²) < 4.78 is 7.04. The molecular formula is C13H22BrNOS. The highest BCUT2D eigenvalue weighted by atomic mass is 79.9.